The highest BCUT2D eigenvalue weighted by Gasteiger charge is 2.22. The van der Waals surface area contributed by atoms with Crippen LogP contribution in [0.1, 0.15) is 0 Å². The summed E-state index contributed by atoms with van der Waals surface area (Å²) in [4.78, 5) is 19.8. The van der Waals surface area contributed by atoms with E-state index in [1.165, 1.54) is 0 Å². The van der Waals surface area contributed by atoms with Gasteiger partial charge in [-0.2, -0.15) is 0 Å². The minimum Gasteiger partial charge on any atom is -0.456 e. The van der Waals surface area contributed by atoms with Crippen molar-refractivity contribution in [3.63, 3.8) is 0 Å². The van der Waals surface area contributed by atoms with Crippen LogP contribution in [0.5, 0.6) is 0 Å². The molecule has 0 spiro atoms. The molecule has 0 aliphatic carbocycles. The number of fused-ring (bicyclic) bond motifs is 6. The van der Waals surface area contributed by atoms with Gasteiger partial charge in [0.25, 0.3) is 0 Å². The Morgan fingerprint density at radius 2 is 0.911 bits per heavy atom. The molecule has 0 atom stereocenters. The van der Waals surface area contributed by atoms with Crippen molar-refractivity contribution in [2.75, 3.05) is 0 Å². The van der Waals surface area contributed by atoms with Crippen molar-refractivity contribution in [3.8, 4) is 67.5 Å². The summed E-state index contributed by atoms with van der Waals surface area (Å²) in [5, 5.41) is 4.15. The normalized spacial score (nSPS) is 11.6. The van der Waals surface area contributed by atoms with Crippen LogP contribution < -0.4 is 0 Å². The molecular formula is C50H30N4O2. The summed E-state index contributed by atoms with van der Waals surface area (Å²) in [6.45, 7) is 0. The lowest BCUT2D eigenvalue weighted by Crippen LogP contribution is -1.97. The van der Waals surface area contributed by atoms with E-state index in [0.717, 1.165) is 99.8 Å². The standard InChI is InChI=1S/C50H30N4O2/c1-3-12-31(13-4-1)35-29-51-49(52-30-35)33-22-24-34(25-23-33)50-53-41(32-14-5-2-6-15-32)28-42(54-50)38-27-26-37(48-47(38)40-17-8-10-20-44(40)56-48)36-18-11-21-45-46(36)39-16-7-9-19-43(39)55-45/h1-30H. The number of hydrogen-bond donors (Lipinski definition) is 0. The van der Waals surface area contributed by atoms with Crippen LogP contribution in [-0.2, 0) is 0 Å². The summed E-state index contributed by atoms with van der Waals surface area (Å²) in [6, 6.07) is 57.5. The first-order chi connectivity index (χ1) is 27.7. The van der Waals surface area contributed by atoms with Crippen LogP contribution in [0.3, 0.4) is 0 Å². The molecule has 4 aromatic heterocycles. The van der Waals surface area contributed by atoms with Crippen LogP contribution >= 0.6 is 0 Å². The van der Waals surface area contributed by atoms with Crippen LogP contribution in [0.2, 0.25) is 0 Å². The molecule has 0 saturated carbocycles. The van der Waals surface area contributed by atoms with Gasteiger partial charge in [0.05, 0.1) is 11.4 Å². The molecule has 0 fully saturated rings. The lowest BCUT2D eigenvalue weighted by Gasteiger charge is -2.12. The van der Waals surface area contributed by atoms with Gasteiger partial charge >= 0.3 is 0 Å². The highest BCUT2D eigenvalue weighted by Crippen LogP contribution is 2.45. The molecule has 6 heteroatoms. The molecule has 0 amide bonds. The molecule has 262 valence electrons. The lowest BCUT2D eigenvalue weighted by molar-refractivity contribution is 0.668. The second-order valence-electron chi connectivity index (χ2n) is 13.8. The van der Waals surface area contributed by atoms with Gasteiger partial charge in [0.2, 0.25) is 0 Å². The smallest absolute Gasteiger partial charge is 0.160 e. The summed E-state index contributed by atoms with van der Waals surface area (Å²) >= 11 is 0. The number of para-hydroxylation sites is 2. The second-order valence-corrected chi connectivity index (χ2v) is 13.8. The van der Waals surface area contributed by atoms with Crippen molar-refractivity contribution < 1.29 is 8.83 Å². The van der Waals surface area contributed by atoms with Gasteiger partial charge < -0.3 is 8.83 Å². The number of nitrogens with zero attached hydrogens (tertiary/aromatic N) is 4. The van der Waals surface area contributed by atoms with Crippen molar-refractivity contribution in [3.05, 3.63) is 182 Å². The molecule has 0 N–H and O–H groups in total. The molecule has 6 nitrogen and oxygen atoms in total. The third-order valence-corrected chi connectivity index (χ3v) is 10.5. The van der Waals surface area contributed by atoms with E-state index in [9.17, 15) is 0 Å². The quantitative estimate of drug-likeness (QED) is 0.170. The Kier molecular flexibility index (Phi) is 7.38. The number of aromatic nitrogens is 4. The van der Waals surface area contributed by atoms with Crippen molar-refractivity contribution >= 4 is 43.9 Å². The maximum Gasteiger partial charge on any atom is 0.160 e. The van der Waals surface area contributed by atoms with Gasteiger partial charge in [-0.1, -0.05) is 140 Å². The monoisotopic (exact) mass is 718 g/mol. The first-order valence-corrected chi connectivity index (χ1v) is 18.5. The van der Waals surface area contributed by atoms with Gasteiger partial charge in [-0.15, -0.1) is 0 Å². The van der Waals surface area contributed by atoms with Gasteiger partial charge in [-0.25, -0.2) is 19.9 Å². The van der Waals surface area contributed by atoms with Gasteiger partial charge in [0, 0.05) is 67.3 Å². The molecule has 7 aromatic carbocycles. The summed E-state index contributed by atoms with van der Waals surface area (Å²) < 4.78 is 13.1. The maximum absolute atomic E-state index is 6.77. The van der Waals surface area contributed by atoms with E-state index in [4.69, 9.17) is 18.8 Å². The van der Waals surface area contributed by atoms with Crippen LogP contribution in [0.15, 0.2) is 191 Å². The fraction of sp³-hybridized carbons (Fsp3) is 0. The fourth-order valence-electron chi connectivity index (χ4n) is 7.75. The molecule has 11 rings (SSSR count). The second kappa shape index (κ2) is 13.0. The molecule has 0 aliphatic rings. The Labute approximate surface area is 321 Å². The Balaban J connectivity index is 1.07. The molecule has 4 heterocycles. The highest BCUT2D eigenvalue weighted by atomic mass is 16.3. The fourth-order valence-corrected chi connectivity index (χ4v) is 7.75. The Hall–Kier alpha value is -7.70. The van der Waals surface area contributed by atoms with E-state index in [2.05, 4.69) is 82.8 Å². The molecule has 0 radical (unpaired) electrons. The predicted molar refractivity (Wildman–Crippen MR) is 225 cm³/mol. The summed E-state index contributed by atoms with van der Waals surface area (Å²) in [5.41, 5.74) is 12.8. The summed E-state index contributed by atoms with van der Waals surface area (Å²) in [5.74, 6) is 1.28. The largest absolute Gasteiger partial charge is 0.456 e. The van der Waals surface area contributed by atoms with Gasteiger partial charge in [0.15, 0.2) is 11.6 Å². The topological polar surface area (TPSA) is 77.8 Å². The van der Waals surface area contributed by atoms with E-state index in [1.807, 2.05) is 109 Å². The number of benzene rings is 7. The number of hydrogen-bond acceptors (Lipinski definition) is 6. The molecular weight excluding hydrogens is 689 g/mol. The summed E-state index contributed by atoms with van der Waals surface area (Å²) in [6.07, 6.45) is 3.74. The van der Waals surface area contributed by atoms with E-state index in [0.29, 0.717) is 11.6 Å². The zero-order valence-electron chi connectivity index (χ0n) is 29.9. The van der Waals surface area contributed by atoms with Gasteiger partial charge in [0.1, 0.15) is 22.3 Å². The average Bonchev–Trinajstić information content (AvgIpc) is 3.86. The first kappa shape index (κ1) is 31.8. The highest BCUT2D eigenvalue weighted by molar-refractivity contribution is 6.20. The Bertz CT molecular complexity index is 3220. The summed E-state index contributed by atoms with van der Waals surface area (Å²) in [7, 11) is 0. The zero-order chi connectivity index (χ0) is 37.0. The van der Waals surface area contributed by atoms with Crippen LogP contribution in [0, 0.1) is 0 Å². The molecule has 0 bridgehead atoms. The van der Waals surface area contributed by atoms with Gasteiger partial charge in [-0.05, 0) is 41.5 Å². The van der Waals surface area contributed by atoms with Crippen molar-refractivity contribution in [2.24, 2.45) is 0 Å². The maximum atomic E-state index is 6.77. The van der Waals surface area contributed by atoms with Crippen molar-refractivity contribution in [1.82, 2.24) is 19.9 Å². The van der Waals surface area contributed by atoms with E-state index >= 15 is 0 Å². The van der Waals surface area contributed by atoms with Crippen molar-refractivity contribution in [1.29, 1.82) is 0 Å². The molecule has 0 unspecified atom stereocenters. The SMILES string of the molecule is c1ccc(-c2cnc(-c3ccc(-c4nc(-c5ccccc5)cc(-c5ccc(-c6cccc7oc8ccccc8c67)c6oc7ccccc7c56)n4)cc3)nc2)cc1. The van der Waals surface area contributed by atoms with Crippen LogP contribution in [0.25, 0.3) is 111 Å². The third kappa shape index (κ3) is 5.35. The average molecular weight is 719 g/mol. The van der Waals surface area contributed by atoms with E-state index in [1.54, 1.807) is 0 Å². The third-order valence-electron chi connectivity index (χ3n) is 10.5. The van der Waals surface area contributed by atoms with Crippen molar-refractivity contribution in [2.45, 2.75) is 0 Å². The molecule has 0 aliphatic heterocycles. The van der Waals surface area contributed by atoms with Crippen LogP contribution in [0.4, 0.5) is 0 Å². The number of rotatable bonds is 6. The molecule has 0 saturated heterocycles. The van der Waals surface area contributed by atoms with Gasteiger partial charge in [-0.3, -0.25) is 0 Å². The Morgan fingerprint density at radius 1 is 0.339 bits per heavy atom. The first-order valence-electron chi connectivity index (χ1n) is 18.5. The van der Waals surface area contributed by atoms with Crippen LogP contribution in [-0.4, -0.2) is 19.9 Å². The van der Waals surface area contributed by atoms with E-state index < -0.39 is 0 Å². The predicted octanol–water partition coefficient (Wildman–Crippen LogP) is 13.1. The number of furan rings is 2. The Morgan fingerprint density at radius 3 is 1.64 bits per heavy atom. The van der Waals surface area contributed by atoms with E-state index in [-0.39, 0.29) is 0 Å². The lowest BCUT2D eigenvalue weighted by atomic mass is 9.94. The minimum absolute atomic E-state index is 0.618. The molecule has 11 aromatic rings. The minimum atomic E-state index is 0.618. The molecule has 56 heavy (non-hydrogen) atoms. The zero-order valence-corrected chi connectivity index (χ0v) is 29.9.